The topological polar surface area (TPSA) is 41.5 Å². The van der Waals surface area contributed by atoms with Crippen molar-refractivity contribution in [2.45, 2.75) is 51.7 Å². The van der Waals surface area contributed by atoms with Crippen molar-refractivity contribution in [3.63, 3.8) is 0 Å². The zero-order valence-corrected chi connectivity index (χ0v) is 10.0. The Morgan fingerprint density at radius 1 is 1.40 bits per heavy atom. The Morgan fingerprint density at radius 2 is 2.07 bits per heavy atom. The van der Waals surface area contributed by atoms with E-state index < -0.39 is 0 Å². The van der Waals surface area contributed by atoms with Crippen molar-refractivity contribution < 1.29 is 9.84 Å². The van der Waals surface area contributed by atoms with Crippen molar-refractivity contribution in [1.82, 2.24) is 5.32 Å². The van der Waals surface area contributed by atoms with Crippen LogP contribution in [0, 0.1) is 5.92 Å². The Kier molecular flexibility index (Phi) is 6.22. The third-order valence-corrected chi connectivity index (χ3v) is 3.30. The molecule has 0 aromatic rings. The first kappa shape index (κ1) is 12.9. The van der Waals surface area contributed by atoms with Crippen molar-refractivity contribution in [2.75, 3.05) is 19.8 Å². The molecule has 1 aliphatic rings. The van der Waals surface area contributed by atoms with E-state index in [1.807, 2.05) is 6.92 Å². The van der Waals surface area contributed by atoms with E-state index in [0.717, 1.165) is 5.92 Å². The predicted molar refractivity (Wildman–Crippen MR) is 61.9 cm³/mol. The minimum Gasteiger partial charge on any atom is -0.389 e. The van der Waals surface area contributed by atoms with E-state index in [1.165, 1.54) is 25.7 Å². The van der Waals surface area contributed by atoms with Gasteiger partial charge in [0.2, 0.25) is 0 Å². The lowest BCUT2D eigenvalue weighted by Gasteiger charge is -2.22. The fraction of sp³-hybridized carbons (Fsp3) is 1.00. The van der Waals surface area contributed by atoms with Gasteiger partial charge in [0, 0.05) is 19.2 Å². The molecule has 0 saturated heterocycles. The summed E-state index contributed by atoms with van der Waals surface area (Å²) in [7, 11) is 0. The third-order valence-electron chi connectivity index (χ3n) is 3.30. The number of ether oxygens (including phenoxy) is 1. The van der Waals surface area contributed by atoms with E-state index in [0.29, 0.717) is 25.8 Å². The number of rotatable bonds is 7. The van der Waals surface area contributed by atoms with E-state index in [4.69, 9.17) is 4.74 Å². The largest absolute Gasteiger partial charge is 0.389 e. The Hall–Kier alpha value is -0.120. The summed E-state index contributed by atoms with van der Waals surface area (Å²) in [6.45, 7) is 5.94. The van der Waals surface area contributed by atoms with E-state index in [-0.39, 0.29) is 6.10 Å². The van der Waals surface area contributed by atoms with Gasteiger partial charge in [0.15, 0.2) is 0 Å². The van der Waals surface area contributed by atoms with Crippen molar-refractivity contribution in [3.8, 4) is 0 Å². The van der Waals surface area contributed by atoms with Crippen molar-refractivity contribution in [1.29, 1.82) is 0 Å². The van der Waals surface area contributed by atoms with Crippen LogP contribution < -0.4 is 5.32 Å². The van der Waals surface area contributed by atoms with Gasteiger partial charge in [-0.25, -0.2) is 0 Å². The Labute approximate surface area is 93.2 Å². The van der Waals surface area contributed by atoms with E-state index >= 15 is 0 Å². The molecular weight excluding hydrogens is 190 g/mol. The fourth-order valence-electron chi connectivity index (χ4n) is 2.26. The highest BCUT2D eigenvalue weighted by molar-refractivity contribution is 4.78. The average Bonchev–Trinajstić information content (AvgIpc) is 2.76. The quantitative estimate of drug-likeness (QED) is 0.677. The molecule has 3 nitrogen and oxygen atoms in total. The van der Waals surface area contributed by atoms with E-state index in [1.54, 1.807) is 0 Å². The highest BCUT2D eigenvalue weighted by atomic mass is 16.5. The molecule has 0 radical (unpaired) electrons. The van der Waals surface area contributed by atoms with Gasteiger partial charge in [-0.15, -0.1) is 0 Å². The number of aliphatic hydroxyl groups is 1. The maximum Gasteiger partial charge on any atom is 0.0897 e. The third kappa shape index (κ3) is 4.96. The van der Waals surface area contributed by atoms with Gasteiger partial charge in [-0.3, -0.25) is 0 Å². The molecule has 1 fully saturated rings. The van der Waals surface area contributed by atoms with Crippen LogP contribution in [0.25, 0.3) is 0 Å². The summed E-state index contributed by atoms with van der Waals surface area (Å²) in [6.07, 6.45) is 5.07. The van der Waals surface area contributed by atoms with Crippen molar-refractivity contribution in [2.24, 2.45) is 5.92 Å². The smallest absolute Gasteiger partial charge is 0.0897 e. The van der Waals surface area contributed by atoms with Gasteiger partial charge in [0.05, 0.1) is 12.7 Å². The van der Waals surface area contributed by atoms with Crippen LogP contribution in [0.15, 0.2) is 0 Å². The first-order valence-electron chi connectivity index (χ1n) is 6.23. The normalized spacial score (nSPS) is 21.8. The highest BCUT2D eigenvalue weighted by Crippen LogP contribution is 2.27. The molecule has 0 aliphatic heterocycles. The van der Waals surface area contributed by atoms with Gasteiger partial charge in [0.1, 0.15) is 0 Å². The SMILES string of the molecule is CCOCC(O)CN[C@@H](C)C1CCCC1. The molecular formula is C12H25NO2. The summed E-state index contributed by atoms with van der Waals surface area (Å²) in [6, 6.07) is 0.531. The summed E-state index contributed by atoms with van der Waals surface area (Å²) >= 11 is 0. The van der Waals surface area contributed by atoms with Gasteiger partial charge in [-0.2, -0.15) is 0 Å². The zero-order valence-electron chi connectivity index (χ0n) is 10.0. The molecule has 0 spiro atoms. The number of nitrogens with one attached hydrogen (secondary N) is 1. The minimum absolute atomic E-state index is 0.367. The second-order valence-corrected chi connectivity index (χ2v) is 4.55. The molecule has 2 N–H and O–H groups in total. The summed E-state index contributed by atoms with van der Waals surface area (Å²) < 4.78 is 5.16. The molecule has 0 aromatic carbocycles. The van der Waals surface area contributed by atoms with Crippen LogP contribution in [0.3, 0.4) is 0 Å². The van der Waals surface area contributed by atoms with Gasteiger partial charge in [-0.1, -0.05) is 12.8 Å². The Balaban J connectivity index is 2.07. The summed E-state index contributed by atoms with van der Waals surface area (Å²) in [5.41, 5.74) is 0. The lowest BCUT2D eigenvalue weighted by molar-refractivity contribution is 0.0406. The molecule has 1 saturated carbocycles. The van der Waals surface area contributed by atoms with Gasteiger partial charge in [0.25, 0.3) is 0 Å². The van der Waals surface area contributed by atoms with E-state index in [2.05, 4.69) is 12.2 Å². The van der Waals surface area contributed by atoms with Crippen LogP contribution in [0.5, 0.6) is 0 Å². The molecule has 3 heteroatoms. The molecule has 0 amide bonds. The van der Waals surface area contributed by atoms with Gasteiger partial charge in [-0.05, 0) is 32.6 Å². The van der Waals surface area contributed by atoms with Crippen LogP contribution in [0.4, 0.5) is 0 Å². The second-order valence-electron chi connectivity index (χ2n) is 4.55. The lowest BCUT2D eigenvalue weighted by Crippen LogP contribution is -2.39. The van der Waals surface area contributed by atoms with Gasteiger partial charge >= 0.3 is 0 Å². The monoisotopic (exact) mass is 215 g/mol. The van der Waals surface area contributed by atoms with Crippen molar-refractivity contribution >= 4 is 0 Å². The molecule has 1 aliphatic carbocycles. The van der Waals surface area contributed by atoms with Crippen LogP contribution in [0.2, 0.25) is 0 Å². The molecule has 15 heavy (non-hydrogen) atoms. The number of hydrogen-bond donors (Lipinski definition) is 2. The first-order valence-corrected chi connectivity index (χ1v) is 6.23. The molecule has 90 valence electrons. The Bertz CT molecular complexity index is 158. The van der Waals surface area contributed by atoms with Crippen LogP contribution in [-0.2, 0) is 4.74 Å². The molecule has 2 atom stereocenters. The molecule has 1 rings (SSSR count). The van der Waals surface area contributed by atoms with Crippen LogP contribution >= 0.6 is 0 Å². The Morgan fingerprint density at radius 3 is 2.67 bits per heavy atom. The fourth-order valence-corrected chi connectivity index (χ4v) is 2.26. The second kappa shape index (κ2) is 7.20. The van der Waals surface area contributed by atoms with Crippen LogP contribution in [0.1, 0.15) is 39.5 Å². The van der Waals surface area contributed by atoms with Crippen LogP contribution in [-0.4, -0.2) is 37.0 Å². The van der Waals surface area contributed by atoms with Crippen molar-refractivity contribution in [3.05, 3.63) is 0 Å². The minimum atomic E-state index is -0.367. The van der Waals surface area contributed by atoms with E-state index in [9.17, 15) is 5.11 Å². The number of hydrogen-bond acceptors (Lipinski definition) is 3. The molecule has 0 bridgehead atoms. The maximum absolute atomic E-state index is 9.58. The zero-order chi connectivity index (χ0) is 11.1. The summed E-state index contributed by atoms with van der Waals surface area (Å²) in [5.74, 6) is 0.810. The molecule has 0 aromatic heterocycles. The first-order chi connectivity index (χ1) is 7.24. The number of aliphatic hydroxyl groups excluding tert-OH is 1. The maximum atomic E-state index is 9.58. The standard InChI is InChI=1S/C12H25NO2/c1-3-15-9-12(14)8-13-10(2)11-6-4-5-7-11/h10-14H,3-9H2,1-2H3/t10-,12?/m0/s1. The lowest BCUT2D eigenvalue weighted by atomic mass is 10.00. The molecule has 0 heterocycles. The predicted octanol–water partition coefficient (Wildman–Crippen LogP) is 1.55. The highest BCUT2D eigenvalue weighted by Gasteiger charge is 2.21. The van der Waals surface area contributed by atoms with Gasteiger partial charge < -0.3 is 15.2 Å². The summed E-state index contributed by atoms with van der Waals surface area (Å²) in [5, 5.41) is 13.0. The summed E-state index contributed by atoms with van der Waals surface area (Å²) in [4.78, 5) is 0. The average molecular weight is 215 g/mol. The molecule has 1 unspecified atom stereocenters.